The number of rotatable bonds is 7. The second-order valence-corrected chi connectivity index (χ2v) is 7.53. The first-order valence-corrected chi connectivity index (χ1v) is 9.60. The lowest BCUT2D eigenvalue weighted by molar-refractivity contribution is -0.144. The highest BCUT2D eigenvalue weighted by atomic mass is 32.2. The molecule has 0 saturated carbocycles. The first-order chi connectivity index (χ1) is 12.4. The Labute approximate surface area is 159 Å². The number of esters is 1. The van der Waals surface area contributed by atoms with Gasteiger partial charge in [0.15, 0.2) is 6.61 Å². The maximum absolute atomic E-state index is 12.1. The van der Waals surface area contributed by atoms with Crippen molar-refractivity contribution in [2.45, 2.75) is 38.5 Å². The van der Waals surface area contributed by atoms with Crippen molar-refractivity contribution in [1.82, 2.24) is 0 Å². The molecule has 0 spiro atoms. The molecule has 0 atom stereocenters. The molecule has 0 aliphatic carbocycles. The summed E-state index contributed by atoms with van der Waals surface area (Å²) in [6, 6.07) is 13.7. The number of carbonyl (C=O) groups is 2. The molecule has 0 aromatic heterocycles. The van der Waals surface area contributed by atoms with Gasteiger partial charge in [0, 0.05) is 10.6 Å². The molecule has 2 rings (SSSR count). The minimum absolute atomic E-state index is 0.180. The fourth-order valence-corrected chi connectivity index (χ4v) is 3.39. The Bertz CT molecular complexity index is 787. The van der Waals surface area contributed by atoms with E-state index in [-0.39, 0.29) is 18.3 Å². The Morgan fingerprint density at radius 3 is 2.54 bits per heavy atom. The third kappa shape index (κ3) is 5.92. The number of ether oxygens (including phenoxy) is 1. The molecule has 0 aliphatic rings. The number of hydrogen-bond donors (Lipinski definition) is 1. The summed E-state index contributed by atoms with van der Waals surface area (Å²) in [4.78, 5) is 25.0. The number of benzene rings is 2. The molecular weight excluding hydrogens is 346 g/mol. The standard InChI is InChI=1S/C21H25NO3S/c1-14(2)17-7-5-6-8-18(17)22-20(23)12-25-21(24)13-26-19-10-9-15(3)11-16(19)4/h5-11,14H,12-13H2,1-4H3,(H,22,23). The smallest absolute Gasteiger partial charge is 0.316 e. The lowest BCUT2D eigenvalue weighted by atomic mass is 10.0. The highest BCUT2D eigenvalue weighted by molar-refractivity contribution is 8.00. The Morgan fingerprint density at radius 1 is 1.12 bits per heavy atom. The van der Waals surface area contributed by atoms with Gasteiger partial charge in [0.05, 0.1) is 5.75 Å². The van der Waals surface area contributed by atoms with Crippen LogP contribution in [-0.4, -0.2) is 24.2 Å². The molecule has 5 heteroatoms. The molecule has 26 heavy (non-hydrogen) atoms. The van der Waals surface area contributed by atoms with E-state index < -0.39 is 5.97 Å². The average Bonchev–Trinajstić information content (AvgIpc) is 2.59. The van der Waals surface area contributed by atoms with E-state index in [2.05, 4.69) is 25.2 Å². The summed E-state index contributed by atoms with van der Waals surface area (Å²) in [6.07, 6.45) is 0. The third-order valence-electron chi connectivity index (χ3n) is 3.90. The molecule has 0 unspecified atom stereocenters. The summed E-state index contributed by atoms with van der Waals surface area (Å²) in [5, 5.41) is 2.81. The van der Waals surface area contributed by atoms with E-state index in [0.29, 0.717) is 5.92 Å². The van der Waals surface area contributed by atoms with E-state index in [9.17, 15) is 9.59 Å². The Hall–Kier alpha value is -2.27. The minimum atomic E-state index is -0.401. The predicted octanol–water partition coefficient (Wildman–Crippen LogP) is 4.70. The monoisotopic (exact) mass is 371 g/mol. The van der Waals surface area contributed by atoms with Crippen LogP contribution in [0.25, 0.3) is 0 Å². The van der Waals surface area contributed by atoms with E-state index in [1.54, 1.807) is 0 Å². The molecular formula is C21H25NO3S. The van der Waals surface area contributed by atoms with Crippen LogP contribution in [0.15, 0.2) is 47.4 Å². The van der Waals surface area contributed by atoms with Crippen LogP contribution in [0.1, 0.15) is 36.5 Å². The molecule has 4 nitrogen and oxygen atoms in total. The van der Waals surface area contributed by atoms with Gasteiger partial charge in [-0.15, -0.1) is 11.8 Å². The van der Waals surface area contributed by atoms with Crippen molar-refractivity contribution in [3.05, 3.63) is 59.2 Å². The Kier molecular flexibility index (Phi) is 7.27. The van der Waals surface area contributed by atoms with Crippen molar-refractivity contribution in [2.24, 2.45) is 0 Å². The second kappa shape index (κ2) is 9.43. The maximum Gasteiger partial charge on any atom is 0.316 e. The predicted molar refractivity (Wildman–Crippen MR) is 107 cm³/mol. The van der Waals surface area contributed by atoms with Crippen molar-refractivity contribution in [3.8, 4) is 0 Å². The van der Waals surface area contributed by atoms with Crippen LogP contribution >= 0.6 is 11.8 Å². The molecule has 0 heterocycles. The van der Waals surface area contributed by atoms with Crippen LogP contribution in [0.2, 0.25) is 0 Å². The molecule has 2 aromatic rings. The topological polar surface area (TPSA) is 55.4 Å². The van der Waals surface area contributed by atoms with E-state index in [0.717, 1.165) is 21.7 Å². The summed E-state index contributed by atoms with van der Waals surface area (Å²) in [5.74, 6) is -0.256. The third-order valence-corrected chi connectivity index (χ3v) is 5.05. The first-order valence-electron chi connectivity index (χ1n) is 8.61. The fraction of sp³-hybridized carbons (Fsp3) is 0.333. The van der Waals surface area contributed by atoms with Gasteiger partial charge in [-0.05, 0) is 43.0 Å². The number of anilines is 1. The summed E-state index contributed by atoms with van der Waals surface area (Å²) in [7, 11) is 0. The van der Waals surface area contributed by atoms with Crippen LogP contribution < -0.4 is 5.32 Å². The molecule has 2 aromatic carbocycles. The molecule has 0 bridgehead atoms. The maximum atomic E-state index is 12.1. The zero-order valence-corrected chi connectivity index (χ0v) is 16.5. The van der Waals surface area contributed by atoms with Gasteiger partial charge in [-0.2, -0.15) is 0 Å². The molecule has 1 N–H and O–H groups in total. The van der Waals surface area contributed by atoms with Crippen LogP contribution in [0, 0.1) is 13.8 Å². The van der Waals surface area contributed by atoms with E-state index in [1.165, 1.54) is 17.3 Å². The molecule has 0 fully saturated rings. The van der Waals surface area contributed by atoms with Gasteiger partial charge in [-0.25, -0.2) is 0 Å². The fourth-order valence-electron chi connectivity index (χ4n) is 2.59. The number of amides is 1. The van der Waals surface area contributed by atoms with Crippen molar-refractivity contribution < 1.29 is 14.3 Å². The minimum Gasteiger partial charge on any atom is -0.455 e. The summed E-state index contributed by atoms with van der Waals surface area (Å²) >= 11 is 1.42. The lowest BCUT2D eigenvalue weighted by Gasteiger charge is -2.13. The van der Waals surface area contributed by atoms with Crippen molar-refractivity contribution in [2.75, 3.05) is 17.7 Å². The summed E-state index contributed by atoms with van der Waals surface area (Å²) in [5.41, 5.74) is 4.13. The normalized spacial score (nSPS) is 10.7. The number of hydrogen-bond acceptors (Lipinski definition) is 4. The van der Waals surface area contributed by atoms with Gasteiger partial charge in [0.25, 0.3) is 5.91 Å². The SMILES string of the molecule is Cc1ccc(SCC(=O)OCC(=O)Nc2ccccc2C(C)C)c(C)c1. The zero-order chi connectivity index (χ0) is 19.1. The van der Waals surface area contributed by atoms with E-state index >= 15 is 0 Å². The van der Waals surface area contributed by atoms with Crippen LogP contribution in [0.4, 0.5) is 5.69 Å². The summed E-state index contributed by atoms with van der Waals surface area (Å²) in [6.45, 7) is 7.90. The number of thioether (sulfide) groups is 1. The quantitative estimate of drug-likeness (QED) is 0.566. The van der Waals surface area contributed by atoms with E-state index in [4.69, 9.17) is 4.74 Å². The number of nitrogens with one attached hydrogen (secondary N) is 1. The average molecular weight is 372 g/mol. The van der Waals surface area contributed by atoms with Crippen molar-refractivity contribution in [1.29, 1.82) is 0 Å². The molecule has 1 amide bonds. The van der Waals surface area contributed by atoms with Gasteiger partial charge in [0.1, 0.15) is 0 Å². The lowest BCUT2D eigenvalue weighted by Crippen LogP contribution is -2.22. The van der Waals surface area contributed by atoms with Crippen LogP contribution in [0.3, 0.4) is 0 Å². The summed E-state index contributed by atoms with van der Waals surface area (Å²) < 4.78 is 5.09. The Balaban J connectivity index is 1.81. The van der Waals surface area contributed by atoms with Crippen molar-refractivity contribution in [3.63, 3.8) is 0 Å². The van der Waals surface area contributed by atoms with Crippen molar-refractivity contribution >= 4 is 29.3 Å². The number of para-hydroxylation sites is 1. The number of carbonyl (C=O) groups excluding carboxylic acids is 2. The van der Waals surface area contributed by atoms with Gasteiger partial charge in [0.2, 0.25) is 0 Å². The largest absolute Gasteiger partial charge is 0.455 e. The Morgan fingerprint density at radius 2 is 1.85 bits per heavy atom. The van der Waals surface area contributed by atoms with Crippen LogP contribution in [0.5, 0.6) is 0 Å². The molecule has 0 aliphatic heterocycles. The van der Waals surface area contributed by atoms with Gasteiger partial charge >= 0.3 is 5.97 Å². The first kappa shape index (κ1) is 20.0. The zero-order valence-electron chi connectivity index (χ0n) is 15.7. The van der Waals surface area contributed by atoms with Gasteiger partial charge < -0.3 is 10.1 Å². The molecule has 0 saturated heterocycles. The van der Waals surface area contributed by atoms with Gasteiger partial charge in [-0.1, -0.05) is 49.7 Å². The second-order valence-electron chi connectivity index (χ2n) is 6.51. The van der Waals surface area contributed by atoms with Crippen LogP contribution in [-0.2, 0) is 14.3 Å². The molecule has 0 radical (unpaired) electrons. The van der Waals surface area contributed by atoms with Gasteiger partial charge in [-0.3, -0.25) is 9.59 Å². The van der Waals surface area contributed by atoms with E-state index in [1.807, 2.05) is 50.2 Å². The molecule has 138 valence electrons. The highest BCUT2D eigenvalue weighted by Gasteiger charge is 2.12. The number of aryl methyl sites for hydroxylation is 2. The highest BCUT2D eigenvalue weighted by Crippen LogP contribution is 2.24.